The van der Waals surface area contributed by atoms with Gasteiger partial charge >= 0.3 is 0 Å². The van der Waals surface area contributed by atoms with Crippen molar-refractivity contribution >= 4 is 17.5 Å². The molecule has 3 saturated heterocycles. The van der Waals surface area contributed by atoms with Crippen LogP contribution in [0.25, 0.3) is 0 Å². The lowest BCUT2D eigenvalue weighted by atomic mass is 9.95. The average Bonchev–Trinajstić information content (AvgIpc) is 3.38. The number of carbonyl (C=O) groups is 1. The number of rotatable bonds is 4. The highest BCUT2D eigenvalue weighted by Gasteiger charge is 2.38. The summed E-state index contributed by atoms with van der Waals surface area (Å²) in [6.07, 6.45) is 5.18. The maximum atomic E-state index is 14.0. The molecular formula is C19H24ClFN2O. The largest absolute Gasteiger partial charge is 0.341 e. The van der Waals surface area contributed by atoms with Crippen LogP contribution in [-0.2, 0) is 11.2 Å². The summed E-state index contributed by atoms with van der Waals surface area (Å²) in [5.74, 6) is 1.06. The van der Waals surface area contributed by atoms with Crippen molar-refractivity contribution in [2.24, 2.45) is 11.8 Å². The Labute approximate surface area is 147 Å². The molecular weight excluding hydrogens is 327 g/mol. The maximum Gasteiger partial charge on any atom is 0.227 e. The zero-order chi connectivity index (χ0) is 16.7. The van der Waals surface area contributed by atoms with Gasteiger partial charge in [0.25, 0.3) is 0 Å². The molecule has 3 nitrogen and oxygen atoms in total. The topological polar surface area (TPSA) is 23.6 Å². The number of fused-ring (bicyclic) bond motifs is 4. The minimum absolute atomic E-state index is 0.00664. The quantitative estimate of drug-likeness (QED) is 0.831. The molecule has 1 aromatic carbocycles. The Morgan fingerprint density at radius 3 is 2.75 bits per heavy atom. The number of carbonyl (C=O) groups excluding carboxylic acids is 1. The summed E-state index contributed by atoms with van der Waals surface area (Å²) >= 11 is 6.08. The van der Waals surface area contributed by atoms with Gasteiger partial charge in [-0.2, -0.15) is 0 Å². The number of piperidine rings is 1. The molecule has 5 rings (SSSR count). The Bertz CT molecular complexity index is 614. The van der Waals surface area contributed by atoms with Crippen LogP contribution in [0.1, 0.15) is 31.2 Å². The molecule has 2 atom stereocenters. The maximum absolute atomic E-state index is 14.0. The second-order valence-corrected chi connectivity index (χ2v) is 8.08. The van der Waals surface area contributed by atoms with Crippen molar-refractivity contribution < 1.29 is 9.18 Å². The smallest absolute Gasteiger partial charge is 0.227 e. The summed E-state index contributed by atoms with van der Waals surface area (Å²) in [4.78, 5) is 17.3. The normalized spacial score (nSPS) is 27.3. The fourth-order valence-electron chi connectivity index (χ4n) is 4.20. The van der Waals surface area contributed by atoms with Crippen molar-refractivity contribution in [3.8, 4) is 0 Å². The van der Waals surface area contributed by atoms with E-state index in [9.17, 15) is 9.18 Å². The number of halogens is 2. The molecule has 0 radical (unpaired) electrons. The first kappa shape index (κ1) is 16.3. The van der Waals surface area contributed by atoms with Crippen LogP contribution < -0.4 is 0 Å². The van der Waals surface area contributed by atoms with E-state index in [1.165, 1.54) is 38.3 Å². The number of benzene rings is 1. The van der Waals surface area contributed by atoms with Crippen LogP contribution >= 0.6 is 11.6 Å². The lowest BCUT2D eigenvalue weighted by molar-refractivity contribution is -0.130. The summed E-state index contributed by atoms with van der Waals surface area (Å²) in [6.45, 7) is 3.91. The van der Waals surface area contributed by atoms with E-state index in [4.69, 9.17) is 11.6 Å². The number of hydrogen-bond acceptors (Lipinski definition) is 2. The summed E-state index contributed by atoms with van der Waals surface area (Å²) in [5, 5.41) is 0.344. The third-order valence-corrected chi connectivity index (χ3v) is 6.11. The fourth-order valence-corrected chi connectivity index (χ4v) is 4.43. The van der Waals surface area contributed by atoms with Crippen LogP contribution in [0.15, 0.2) is 18.2 Å². The van der Waals surface area contributed by atoms with Gasteiger partial charge in [-0.1, -0.05) is 17.7 Å². The van der Waals surface area contributed by atoms with Gasteiger partial charge in [0.1, 0.15) is 5.82 Å². The van der Waals surface area contributed by atoms with Gasteiger partial charge in [-0.25, -0.2) is 4.39 Å². The Morgan fingerprint density at radius 1 is 1.17 bits per heavy atom. The van der Waals surface area contributed by atoms with Gasteiger partial charge in [-0.15, -0.1) is 0 Å². The van der Waals surface area contributed by atoms with Crippen LogP contribution in [0.2, 0.25) is 5.02 Å². The highest BCUT2D eigenvalue weighted by molar-refractivity contribution is 6.31. The Kier molecular flexibility index (Phi) is 4.52. The average molecular weight is 351 g/mol. The molecule has 1 amide bonds. The van der Waals surface area contributed by atoms with Gasteiger partial charge in [0.2, 0.25) is 5.91 Å². The third kappa shape index (κ3) is 3.45. The molecule has 4 aliphatic rings. The highest BCUT2D eigenvalue weighted by atomic mass is 35.5. The molecule has 3 aliphatic heterocycles. The monoisotopic (exact) mass is 350 g/mol. The summed E-state index contributed by atoms with van der Waals surface area (Å²) in [7, 11) is 0. The fraction of sp³-hybridized carbons (Fsp3) is 0.632. The molecule has 3 heterocycles. The van der Waals surface area contributed by atoms with E-state index in [2.05, 4.69) is 4.90 Å². The zero-order valence-corrected chi connectivity index (χ0v) is 14.6. The lowest BCUT2D eigenvalue weighted by Gasteiger charge is -2.36. The molecule has 0 spiro atoms. The first-order valence-electron chi connectivity index (χ1n) is 9.05. The van der Waals surface area contributed by atoms with E-state index in [1.54, 1.807) is 12.1 Å². The SMILES string of the molecule is O=C(Cc1c(F)cccc1Cl)N1C[C@H]2CC[C@@H](C1)N(CC1CC1)C2. The van der Waals surface area contributed by atoms with Crippen molar-refractivity contribution in [1.82, 2.24) is 9.80 Å². The molecule has 0 aromatic heterocycles. The first-order chi connectivity index (χ1) is 11.6. The minimum Gasteiger partial charge on any atom is -0.341 e. The van der Waals surface area contributed by atoms with Gasteiger partial charge < -0.3 is 4.90 Å². The molecule has 130 valence electrons. The van der Waals surface area contributed by atoms with Gasteiger partial charge in [-0.05, 0) is 49.7 Å². The lowest BCUT2D eigenvalue weighted by Crippen LogP contribution is -2.45. The van der Waals surface area contributed by atoms with Gasteiger partial charge in [0.05, 0.1) is 6.42 Å². The van der Waals surface area contributed by atoms with Crippen LogP contribution in [0.5, 0.6) is 0 Å². The zero-order valence-electron chi connectivity index (χ0n) is 13.9. The van der Waals surface area contributed by atoms with Crippen LogP contribution in [0.3, 0.4) is 0 Å². The van der Waals surface area contributed by atoms with Crippen molar-refractivity contribution in [2.75, 3.05) is 26.2 Å². The predicted octanol–water partition coefficient (Wildman–Crippen LogP) is 3.35. The molecule has 0 unspecified atom stereocenters. The van der Waals surface area contributed by atoms with Crippen LogP contribution in [-0.4, -0.2) is 47.9 Å². The van der Waals surface area contributed by atoms with E-state index in [0.717, 1.165) is 25.6 Å². The molecule has 1 aromatic rings. The molecule has 2 bridgehead atoms. The van der Waals surface area contributed by atoms with Gasteiger partial charge in [-0.3, -0.25) is 9.69 Å². The van der Waals surface area contributed by atoms with Crippen molar-refractivity contribution in [3.63, 3.8) is 0 Å². The minimum atomic E-state index is -0.385. The van der Waals surface area contributed by atoms with Crippen LogP contribution in [0.4, 0.5) is 4.39 Å². The predicted molar refractivity (Wildman–Crippen MR) is 92.5 cm³/mol. The van der Waals surface area contributed by atoms with E-state index in [-0.39, 0.29) is 18.1 Å². The molecule has 5 heteroatoms. The Morgan fingerprint density at radius 2 is 2.00 bits per heavy atom. The second-order valence-electron chi connectivity index (χ2n) is 7.67. The Hall–Kier alpha value is -1.13. The molecule has 1 aliphatic carbocycles. The third-order valence-electron chi connectivity index (χ3n) is 5.76. The van der Waals surface area contributed by atoms with Crippen molar-refractivity contribution in [3.05, 3.63) is 34.6 Å². The van der Waals surface area contributed by atoms with Gasteiger partial charge in [0, 0.05) is 42.8 Å². The van der Waals surface area contributed by atoms with Gasteiger partial charge in [0.15, 0.2) is 0 Å². The molecule has 24 heavy (non-hydrogen) atoms. The van der Waals surface area contributed by atoms with E-state index < -0.39 is 0 Å². The summed E-state index contributed by atoms with van der Waals surface area (Å²) < 4.78 is 14.0. The molecule has 4 fully saturated rings. The summed E-state index contributed by atoms with van der Waals surface area (Å²) in [5.41, 5.74) is 0.329. The van der Waals surface area contributed by atoms with E-state index >= 15 is 0 Å². The second kappa shape index (κ2) is 6.64. The van der Waals surface area contributed by atoms with Crippen molar-refractivity contribution in [2.45, 2.75) is 38.1 Å². The summed E-state index contributed by atoms with van der Waals surface area (Å²) in [6, 6.07) is 5.08. The highest BCUT2D eigenvalue weighted by Crippen LogP contribution is 2.35. The van der Waals surface area contributed by atoms with E-state index in [1.807, 2.05) is 4.90 Å². The van der Waals surface area contributed by atoms with Crippen molar-refractivity contribution in [1.29, 1.82) is 0 Å². The number of nitrogens with zero attached hydrogens (tertiary/aromatic N) is 2. The standard InChI is InChI=1S/C19H24ClFN2O/c20-17-2-1-3-18(21)16(17)8-19(24)23-11-14-6-7-15(12-23)22(10-14)9-13-4-5-13/h1-3,13-15H,4-12H2/t14-,15-/m0/s1. The number of hydrogen-bond donors (Lipinski definition) is 0. The number of amides is 1. The first-order valence-corrected chi connectivity index (χ1v) is 9.42. The van der Waals surface area contributed by atoms with E-state index in [0.29, 0.717) is 22.5 Å². The van der Waals surface area contributed by atoms with Crippen LogP contribution in [0, 0.1) is 17.7 Å². The molecule has 0 N–H and O–H groups in total. The molecule has 1 saturated carbocycles. The Balaban J connectivity index is 1.45.